The Morgan fingerprint density at radius 3 is 2.69 bits per heavy atom. The first-order chi connectivity index (χ1) is 5.93. The Balaban J connectivity index is 2.74. The van der Waals surface area contributed by atoms with Crippen molar-refractivity contribution in [3.8, 4) is 0 Å². The van der Waals surface area contributed by atoms with Crippen LogP contribution in [0, 0.1) is 11.3 Å². The van der Waals surface area contributed by atoms with Gasteiger partial charge in [-0.3, -0.25) is 0 Å². The number of Topliss-reactive ketones (excluding diaryl/α,β-unsaturated/α-hetero) is 1. The predicted octanol–water partition coefficient (Wildman–Crippen LogP) is 3.35. The van der Waals surface area contributed by atoms with Gasteiger partial charge < -0.3 is 4.79 Å². The van der Waals surface area contributed by atoms with Crippen molar-refractivity contribution >= 4 is 5.78 Å². The van der Waals surface area contributed by atoms with Gasteiger partial charge in [-0.05, 0) is 37.5 Å². The highest BCUT2D eigenvalue weighted by molar-refractivity contribution is 5.76. The number of hydrogen-bond donors (Lipinski definition) is 0. The van der Waals surface area contributed by atoms with Crippen LogP contribution in [-0.2, 0) is 4.79 Å². The van der Waals surface area contributed by atoms with Crippen LogP contribution in [0.5, 0.6) is 0 Å². The molecule has 0 bridgehead atoms. The smallest absolute Gasteiger partial charge is 0.130 e. The minimum Gasteiger partial charge on any atom is -0.300 e. The Hall–Kier alpha value is -0.590. The normalized spacial score (nSPS) is 27.3. The molecular weight excluding hydrogens is 160 g/mol. The summed E-state index contributed by atoms with van der Waals surface area (Å²) in [7, 11) is 0. The first-order valence-electron chi connectivity index (χ1n) is 5.10. The van der Waals surface area contributed by atoms with Crippen molar-refractivity contribution in [1.29, 1.82) is 0 Å². The first-order valence-corrected chi connectivity index (χ1v) is 5.10. The van der Waals surface area contributed by atoms with Crippen LogP contribution in [0.1, 0.15) is 46.5 Å². The highest BCUT2D eigenvalue weighted by Crippen LogP contribution is 2.44. The monoisotopic (exact) mass is 180 g/mol. The van der Waals surface area contributed by atoms with E-state index in [2.05, 4.69) is 20.4 Å². The maximum atomic E-state index is 11.1. The molecule has 0 aromatic rings. The summed E-state index contributed by atoms with van der Waals surface area (Å²) in [5.41, 5.74) is 1.56. The third kappa shape index (κ3) is 2.43. The standard InChI is InChI=1S/C12H20O/c1-9-6-5-7-12(3,4)11(9)8-10(2)13/h11H,1,5-8H2,2-4H3. The van der Waals surface area contributed by atoms with Crippen LogP contribution in [0.2, 0.25) is 0 Å². The molecule has 1 heteroatoms. The van der Waals surface area contributed by atoms with E-state index in [1.807, 2.05) is 0 Å². The molecule has 0 aliphatic heterocycles. The van der Waals surface area contributed by atoms with E-state index in [0.29, 0.717) is 18.1 Å². The second kappa shape index (κ2) is 3.65. The van der Waals surface area contributed by atoms with Gasteiger partial charge in [-0.15, -0.1) is 0 Å². The van der Waals surface area contributed by atoms with Crippen molar-refractivity contribution in [3.05, 3.63) is 12.2 Å². The molecule has 1 aliphatic rings. The maximum Gasteiger partial charge on any atom is 0.130 e. The van der Waals surface area contributed by atoms with Gasteiger partial charge >= 0.3 is 0 Å². The van der Waals surface area contributed by atoms with Crippen molar-refractivity contribution in [2.45, 2.75) is 46.5 Å². The fourth-order valence-electron chi connectivity index (χ4n) is 2.38. The van der Waals surface area contributed by atoms with E-state index in [0.717, 1.165) is 6.42 Å². The fourth-order valence-corrected chi connectivity index (χ4v) is 2.38. The van der Waals surface area contributed by atoms with E-state index in [9.17, 15) is 4.79 Å². The van der Waals surface area contributed by atoms with Gasteiger partial charge in [0.15, 0.2) is 0 Å². The summed E-state index contributed by atoms with van der Waals surface area (Å²) in [4.78, 5) is 11.1. The number of ketones is 1. The van der Waals surface area contributed by atoms with E-state index in [-0.39, 0.29) is 5.41 Å². The Morgan fingerprint density at radius 1 is 1.62 bits per heavy atom. The molecule has 1 saturated carbocycles. The van der Waals surface area contributed by atoms with E-state index >= 15 is 0 Å². The molecule has 1 fully saturated rings. The lowest BCUT2D eigenvalue weighted by Crippen LogP contribution is -2.30. The summed E-state index contributed by atoms with van der Waals surface area (Å²) < 4.78 is 0. The fraction of sp³-hybridized carbons (Fsp3) is 0.750. The molecule has 1 atom stereocenters. The first kappa shape index (κ1) is 10.5. The topological polar surface area (TPSA) is 17.1 Å². The second-order valence-corrected chi connectivity index (χ2v) is 4.96. The Kier molecular flexibility index (Phi) is 2.94. The average molecular weight is 180 g/mol. The largest absolute Gasteiger partial charge is 0.300 e. The third-order valence-electron chi connectivity index (χ3n) is 3.25. The predicted molar refractivity (Wildman–Crippen MR) is 55.6 cm³/mol. The van der Waals surface area contributed by atoms with E-state index in [4.69, 9.17) is 0 Å². The minimum absolute atomic E-state index is 0.279. The molecule has 0 saturated heterocycles. The van der Waals surface area contributed by atoms with Crippen molar-refractivity contribution < 1.29 is 4.79 Å². The number of hydrogen-bond acceptors (Lipinski definition) is 1. The lowest BCUT2D eigenvalue weighted by molar-refractivity contribution is -0.118. The van der Waals surface area contributed by atoms with E-state index in [1.54, 1.807) is 6.92 Å². The molecule has 13 heavy (non-hydrogen) atoms. The van der Waals surface area contributed by atoms with Crippen LogP contribution in [-0.4, -0.2) is 5.78 Å². The van der Waals surface area contributed by atoms with Crippen molar-refractivity contribution in [1.82, 2.24) is 0 Å². The number of carbonyl (C=O) groups excluding carboxylic acids is 1. The Bertz CT molecular complexity index is 225. The summed E-state index contributed by atoms with van der Waals surface area (Å²) in [6, 6.07) is 0. The van der Waals surface area contributed by atoms with Gasteiger partial charge in [0.2, 0.25) is 0 Å². The van der Waals surface area contributed by atoms with Gasteiger partial charge in [-0.2, -0.15) is 0 Å². The molecule has 0 N–H and O–H groups in total. The van der Waals surface area contributed by atoms with Crippen LogP contribution >= 0.6 is 0 Å². The number of carbonyl (C=O) groups is 1. The lowest BCUT2D eigenvalue weighted by atomic mass is 9.65. The molecule has 1 nitrogen and oxygen atoms in total. The quantitative estimate of drug-likeness (QED) is 0.596. The highest BCUT2D eigenvalue weighted by Gasteiger charge is 2.34. The average Bonchev–Trinajstić information content (AvgIpc) is 1.96. The lowest BCUT2D eigenvalue weighted by Gasteiger charge is -2.39. The summed E-state index contributed by atoms with van der Waals surface area (Å²) >= 11 is 0. The number of rotatable bonds is 2. The van der Waals surface area contributed by atoms with Gasteiger partial charge in [0, 0.05) is 6.42 Å². The van der Waals surface area contributed by atoms with Crippen LogP contribution in [0.3, 0.4) is 0 Å². The maximum absolute atomic E-state index is 11.1. The second-order valence-electron chi connectivity index (χ2n) is 4.96. The molecule has 0 aromatic carbocycles. The Morgan fingerprint density at radius 2 is 2.23 bits per heavy atom. The molecule has 0 radical (unpaired) electrons. The molecule has 1 aliphatic carbocycles. The molecule has 0 aromatic heterocycles. The van der Waals surface area contributed by atoms with Crippen LogP contribution in [0.25, 0.3) is 0 Å². The molecule has 74 valence electrons. The van der Waals surface area contributed by atoms with Gasteiger partial charge in [-0.1, -0.05) is 26.0 Å². The van der Waals surface area contributed by atoms with Crippen molar-refractivity contribution in [2.24, 2.45) is 11.3 Å². The minimum atomic E-state index is 0.279. The molecule has 1 unspecified atom stereocenters. The molecular formula is C12H20O. The van der Waals surface area contributed by atoms with Crippen molar-refractivity contribution in [2.75, 3.05) is 0 Å². The summed E-state index contributed by atoms with van der Waals surface area (Å²) in [5, 5.41) is 0. The van der Waals surface area contributed by atoms with Crippen LogP contribution in [0.4, 0.5) is 0 Å². The van der Waals surface area contributed by atoms with Gasteiger partial charge in [0.25, 0.3) is 0 Å². The zero-order chi connectivity index (χ0) is 10.1. The zero-order valence-corrected chi connectivity index (χ0v) is 9.02. The molecule has 0 spiro atoms. The van der Waals surface area contributed by atoms with Crippen LogP contribution < -0.4 is 0 Å². The van der Waals surface area contributed by atoms with Crippen LogP contribution in [0.15, 0.2) is 12.2 Å². The van der Waals surface area contributed by atoms with Gasteiger partial charge in [0.05, 0.1) is 0 Å². The van der Waals surface area contributed by atoms with E-state index in [1.165, 1.54) is 18.4 Å². The Labute approximate surface area is 81.2 Å². The summed E-state index contributed by atoms with van der Waals surface area (Å²) in [6.45, 7) is 10.3. The number of allylic oxidation sites excluding steroid dienone is 1. The molecule has 1 rings (SSSR count). The highest BCUT2D eigenvalue weighted by atomic mass is 16.1. The zero-order valence-electron chi connectivity index (χ0n) is 9.02. The molecule has 0 amide bonds. The van der Waals surface area contributed by atoms with Gasteiger partial charge in [0.1, 0.15) is 5.78 Å². The SMILES string of the molecule is C=C1CCCC(C)(C)C1CC(C)=O. The third-order valence-corrected chi connectivity index (χ3v) is 3.25. The molecule has 0 heterocycles. The van der Waals surface area contributed by atoms with E-state index < -0.39 is 0 Å². The van der Waals surface area contributed by atoms with Crippen molar-refractivity contribution in [3.63, 3.8) is 0 Å². The van der Waals surface area contributed by atoms with Gasteiger partial charge in [-0.25, -0.2) is 0 Å². The summed E-state index contributed by atoms with van der Waals surface area (Å²) in [6.07, 6.45) is 4.26. The summed E-state index contributed by atoms with van der Waals surface area (Å²) in [5.74, 6) is 0.708.